The minimum absolute atomic E-state index is 0.0175. The number of carboxylic acids is 1. The van der Waals surface area contributed by atoms with Crippen LogP contribution in [0.5, 0.6) is 11.5 Å². The number of nitrogens with two attached hydrogens (primary N) is 1. The Bertz CT molecular complexity index is 1470. The van der Waals surface area contributed by atoms with Crippen molar-refractivity contribution in [2.24, 2.45) is 15.7 Å². The van der Waals surface area contributed by atoms with Crippen molar-refractivity contribution < 1.29 is 24.2 Å². The average Bonchev–Trinajstić information content (AvgIpc) is 2.88. The lowest BCUT2D eigenvalue weighted by atomic mass is 10.1. The molecule has 0 aromatic heterocycles. The molecule has 2 aromatic carbocycles. The minimum atomic E-state index is -1.05. The van der Waals surface area contributed by atoms with Crippen LogP contribution in [0.1, 0.15) is 18.4 Å². The van der Waals surface area contributed by atoms with Gasteiger partial charge in [-0.15, -0.1) is 0 Å². The highest BCUT2D eigenvalue weighted by atomic mass is 16.5. The molecule has 2 aromatic rings. The number of ether oxygens (including phenoxy) is 2. The molecule has 0 bridgehead atoms. The second kappa shape index (κ2) is 11.2. The molecule has 14 nitrogen and oxygen atoms in total. The summed E-state index contributed by atoms with van der Waals surface area (Å²) in [5, 5.41) is 34.3. The minimum Gasteiger partial charge on any atom is -0.481 e. The van der Waals surface area contributed by atoms with Crippen molar-refractivity contribution in [1.29, 1.82) is 10.7 Å². The fourth-order valence-corrected chi connectivity index (χ4v) is 3.71. The fourth-order valence-electron chi connectivity index (χ4n) is 3.71. The van der Waals surface area contributed by atoms with Crippen LogP contribution in [0.4, 0.5) is 11.4 Å². The van der Waals surface area contributed by atoms with Gasteiger partial charge in [0.2, 0.25) is 5.91 Å². The number of carbonyl (C=O) groups is 2. The molecule has 2 aliphatic heterocycles. The van der Waals surface area contributed by atoms with Crippen LogP contribution in [-0.2, 0) is 9.59 Å². The molecule has 0 saturated heterocycles. The van der Waals surface area contributed by atoms with E-state index in [1.807, 2.05) is 0 Å². The van der Waals surface area contributed by atoms with Crippen LogP contribution in [0.25, 0.3) is 0 Å². The Balaban J connectivity index is 1.74. The fraction of sp³-hybridized carbons (Fsp3) is 0.200. The quantitative estimate of drug-likeness (QED) is 0.212. The summed E-state index contributed by atoms with van der Waals surface area (Å²) in [6.07, 6.45) is -0.270. The maximum absolute atomic E-state index is 12.7. The molecule has 0 spiro atoms. The first-order valence-electron chi connectivity index (χ1n) is 11.6. The number of anilines is 2. The zero-order valence-electron chi connectivity index (χ0n) is 21.0. The van der Waals surface area contributed by atoms with Gasteiger partial charge < -0.3 is 35.8 Å². The summed E-state index contributed by atoms with van der Waals surface area (Å²) in [5.41, 5.74) is 7.04. The summed E-state index contributed by atoms with van der Waals surface area (Å²) in [5.74, 6) is -1.16. The predicted molar refractivity (Wildman–Crippen MR) is 143 cm³/mol. The van der Waals surface area contributed by atoms with Gasteiger partial charge in [0.1, 0.15) is 23.6 Å². The van der Waals surface area contributed by atoms with E-state index in [1.54, 1.807) is 61.5 Å². The van der Waals surface area contributed by atoms with Gasteiger partial charge in [0.25, 0.3) is 5.88 Å². The number of carbonyl (C=O) groups excluding carboxylic acids is 1. The number of amidine groups is 2. The van der Waals surface area contributed by atoms with Crippen molar-refractivity contribution in [3.63, 3.8) is 0 Å². The third kappa shape index (κ3) is 6.23. The molecule has 39 heavy (non-hydrogen) atoms. The van der Waals surface area contributed by atoms with E-state index < -0.39 is 17.9 Å². The number of rotatable bonds is 8. The Hall–Kier alpha value is -5.58. The van der Waals surface area contributed by atoms with Gasteiger partial charge in [-0.1, -0.05) is 12.1 Å². The van der Waals surface area contributed by atoms with Gasteiger partial charge in [0, 0.05) is 26.6 Å². The Morgan fingerprint density at radius 2 is 2.03 bits per heavy atom. The number of nitrogens with one attached hydrogen (secondary N) is 4. The van der Waals surface area contributed by atoms with E-state index in [4.69, 9.17) is 25.7 Å². The Kier molecular flexibility index (Phi) is 7.62. The molecule has 1 atom stereocenters. The van der Waals surface area contributed by atoms with Gasteiger partial charge in [-0.05, 0) is 30.7 Å². The number of para-hydroxylation sites is 2. The van der Waals surface area contributed by atoms with Crippen molar-refractivity contribution in [2.45, 2.75) is 18.9 Å². The van der Waals surface area contributed by atoms with Crippen molar-refractivity contribution >= 4 is 41.1 Å². The number of guanidine groups is 1. The van der Waals surface area contributed by atoms with Crippen LogP contribution in [-0.4, -0.2) is 54.9 Å². The predicted octanol–water partition coefficient (Wildman–Crippen LogP) is 1.28. The smallest absolute Gasteiger partial charge is 0.304 e. The van der Waals surface area contributed by atoms with E-state index in [9.17, 15) is 14.9 Å². The van der Waals surface area contributed by atoms with Crippen LogP contribution >= 0.6 is 0 Å². The number of carboxylic acid groups (broad SMARTS) is 1. The van der Waals surface area contributed by atoms with E-state index in [2.05, 4.69) is 32.0 Å². The SMILES string of the molecule is CN(C)c1cc(OC2=C3NC(=O)C(CCC(=O)O)N=C3NC(Oc3ccccc3NC(=N)N)=N2)ccc1C#N. The summed E-state index contributed by atoms with van der Waals surface area (Å²) in [6.45, 7) is 0. The van der Waals surface area contributed by atoms with Crippen LogP contribution in [0.15, 0.2) is 64.0 Å². The van der Waals surface area contributed by atoms with Crippen molar-refractivity contribution in [3.05, 3.63) is 59.6 Å². The normalized spacial score (nSPS) is 15.9. The first-order valence-corrected chi connectivity index (χ1v) is 11.6. The van der Waals surface area contributed by atoms with E-state index in [1.165, 1.54) is 0 Å². The van der Waals surface area contributed by atoms with Crippen LogP contribution < -0.4 is 36.1 Å². The number of hydrogen-bond acceptors (Lipinski definition) is 10. The molecule has 4 rings (SSSR count). The van der Waals surface area contributed by atoms with E-state index in [0.717, 1.165) is 0 Å². The molecule has 0 fully saturated rings. The topological polar surface area (TPSA) is 211 Å². The number of nitrogens with zero attached hydrogens (tertiary/aromatic N) is 4. The van der Waals surface area contributed by atoms with E-state index >= 15 is 0 Å². The van der Waals surface area contributed by atoms with Crippen LogP contribution in [0.2, 0.25) is 0 Å². The maximum atomic E-state index is 12.7. The number of hydrogen-bond donors (Lipinski definition) is 6. The molecule has 2 aliphatic rings. The number of aliphatic imine (C=N–C) groups is 2. The molecule has 1 unspecified atom stereocenters. The summed E-state index contributed by atoms with van der Waals surface area (Å²) in [4.78, 5) is 34.3. The molecule has 0 aliphatic carbocycles. The third-order valence-electron chi connectivity index (χ3n) is 5.50. The lowest BCUT2D eigenvalue weighted by Crippen LogP contribution is -2.51. The van der Waals surface area contributed by atoms with Crippen molar-refractivity contribution in [1.82, 2.24) is 10.6 Å². The van der Waals surface area contributed by atoms with Gasteiger partial charge in [-0.3, -0.25) is 25.3 Å². The first-order chi connectivity index (χ1) is 18.6. The van der Waals surface area contributed by atoms with Gasteiger partial charge in [-0.2, -0.15) is 10.3 Å². The molecule has 14 heteroatoms. The van der Waals surface area contributed by atoms with Crippen LogP contribution in [0, 0.1) is 16.7 Å². The standard InChI is InChI=1S/C25H25N9O5/c1-34(2)17-11-14(8-7-13(17)12-26)38-23-20-21(29-16(22(37)31-20)9-10-19(35)36)32-25(33-23)39-18-6-4-3-5-15(18)30-24(27)28/h3-8,11,16H,9-10H2,1-2H3,(H,31,37)(H,35,36)(H4,27,28,30)(H,29,32,33). The maximum Gasteiger partial charge on any atom is 0.304 e. The first kappa shape index (κ1) is 26.5. The number of benzene rings is 2. The third-order valence-corrected chi connectivity index (χ3v) is 5.50. The average molecular weight is 532 g/mol. The highest BCUT2D eigenvalue weighted by Gasteiger charge is 2.34. The molecule has 200 valence electrons. The molecular formula is C25H25N9O5. The molecule has 7 N–H and O–H groups in total. The molecule has 1 amide bonds. The lowest BCUT2D eigenvalue weighted by Gasteiger charge is -2.28. The number of aliphatic carboxylic acids is 1. The molecular weight excluding hydrogens is 506 g/mol. The molecule has 2 heterocycles. The van der Waals surface area contributed by atoms with E-state index in [0.29, 0.717) is 22.7 Å². The van der Waals surface area contributed by atoms with Crippen LogP contribution in [0.3, 0.4) is 0 Å². The number of amides is 1. The Morgan fingerprint density at radius 1 is 1.26 bits per heavy atom. The van der Waals surface area contributed by atoms with E-state index in [-0.39, 0.29) is 48.0 Å². The summed E-state index contributed by atoms with van der Waals surface area (Å²) >= 11 is 0. The largest absolute Gasteiger partial charge is 0.481 e. The summed E-state index contributed by atoms with van der Waals surface area (Å²) in [7, 11) is 3.57. The molecule has 0 radical (unpaired) electrons. The Labute approximate surface area is 222 Å². The van der Waals surface area contributed by atoms with Crippen molar-refractivity contribution in [3.8, 4) is 17.6 Å². The second-order valence-electron chi connectivity index (χ2n) is 8.56. The lowest BCUT2D eigenvalue weighted by molar-refractivity contribution is -0.137. The van der Waals surface area contributed by atoms with Gasteiger partial charge >= 0.3 is 12.0 Å². The zero-order valence-corrected chi connectivity index (χ0v) is 21.0. The van der Waals surface area contributed by atoms with Crippen molar-refractivity contribution in [2.75, 3.05) is 24.3 Å². The summed E-state index contributed by atoms with van der Waals surface area (Å²) < 4.78 is 12.0. The van der Waals surface area contributed by atoms with Gasteiger partial charge in [0.05, 0.1) is 16.9 Å². The Morgan fingerprint density at radius 3 is 2.72 bits per heavy atom. The zero-order chi connectivity index (χ0) is 28.1. The highest BCUT2D eigenvalue weighted by Crippen LogP contribution is 2.29. The second-order valence-corrected chi connectivity index (χ2v) is 8.56. The number of nitriles is 1. The van der Waals surface area contributed by atoms with Gasteiger partial charge in [-0.25, -0.2) is 0 Å². The number of fused-ring (bicyclic) bond motifs is 1. The molecule has 0 saturated carbocycles. The highest BCUT2D eigenvalue weighted by molar-refractivity contribution is 6.14. The summed E-state index contributed by atoms with van der Waals surface area (Å²) in [6, 6.07) is 12.6. The van der Waals surface area contributed by atoms with Gasteiger partial charge in [0.15, 0.2) is 17.5 Å². The monoisotopic (exact) mass is 531 g/mol.